The van der Waals surface area contributed by atoms with Gasteiger partial charge in [0.15, 0.2) is 0 Å². The third kappa shape index (κ3) is 19.8. The summed E-state index contributed by atoms with van der Waals surface area (Å²) in [6.45, 7) is 9.37. The summed E-state index contributed by atoms with van der Waals surface area (Å²) in [6.07, 6.45) is 21.9. The molecule has 0 spiro atoms. The Hall–Kier alpha value is -0.570. The Morgan fingerprint density at radius 3 is 1.27 bits per heavy atom. The van der Waals surface area contributed by atoms with Crippen LogP contribution in [0.5, 0.6) is 0 Å². The smallest absolute Gasteiger partial charge is 0.293 e. The summed E-state index contributed by atoms with van der Waals surface area (Å²) in [6, 6.07) is 0. The lowest BCUT2D eigenvalue weighted by Crippen LogP contribution is -2.23. The van der Waals surface area contributed by atoms with E-state index in [0.717, 1.165) is 6.42 Å². The van der Waals surface area contributed by atoms with Gasteiger partial charge in [-0.15, -0.1) is 0 Å². The maximum atomic E-state index is 9.99. The molecule has 0 unspecified atom stereocenters. The van der Waals surface area contributed by atoms with Crippen molar-refractivity contribution in [3.05, 3.63) is 0 Å². The van der Waals surface area contributed by atoms with Crippen molar-refractivity contribution in [2.75, 3.05) is 26.2 Å². The number of hydrogen-bond acceptors (Lipinski definition) is 3. The van der Waals surface area contributed by atoms with Crippen LogP contribution in [-0.2, 0) is 9.53 Å². The van der Waals surface area contributed by atoms with E-state index in [2.05, 4.69) is 18.7 Å². The van der Waals surface area contributed by atoms with Gasteiger partial charge in [0.2, 0.25) is 0 Å². The minimum atomic E-state index is 0.550. The summed E-state index contributed by atoms with van der Waals surface area (Å²) >= 11 is 0. The van der Waals surface area contributed by atoms with Crippen LogP contribution in [0.3, 0.4) is 0 Å². The molecule has 0 bridgehead atoms. The molecule has 0 aromatic heterocycles. The summed E-state index contributed by atoms with van der Waals surface area (Å²) in [5.41, 5.74) is 0. The molecule has 0 aromatic rings. The second kappa shape index (κ2) is 22.5. The topological polar surface area (TPSA) is 29.5 Å². The van der Waals surface area contributed by atoms with Crippen molar-refractivity contribution < 1.29 is 9.53 Å². The minimum absolute atomic E-state index is 0.550. The van der Waals surface area contributed by atoms with Crippen LogP contribution in [0.2, 0.25) is 0 Å². The van der Waals surface area contributed by atoms with E-state index >= 15 is 0 Å². The zero-order chi connectivity index (χ0) is 19.1. The molecule has 3 nitrogen and oxygen atoms in total. The zero-order valence-corrected chi connectivity index (χ0v) is 18.0. The van der Waals surface area contributed by atoms with E-state index in [4.69, 9.17) is 4.74 Å². The number of carbonyl (C=O) groups excluding carboxylic acids is 1. The average molecular weight is 370 g/mol. The summed E-state index contributed by atoms with van der Waals surface area (Å²) in [5.74, 6) is 0. The third-order valence-corrected chi connectivity index (χ3v) is 5.45. The van der Waals surface area contributed by atoms with E-state index in [9.17, 15) is 4.79 Å². The molecular weight excluding hydrogens is 322 g/mol. The fraction of sp³-hybridized carbons (Fsp3) is 0.957. The van der Waals surface area contributed by atoms with Gasteiger partial charge in [0.05, 0.1) is 6.61 Å². The van der Waals surface area contributed by atoms with Crippen molar-refractivity contribution in [1.29, 1.82) is 0 Å². The van der Waals surface area contributed by atoms with Crippen LogP contribution in [0, 0.1) is 0 Å². The van der Waals surface area contributed by atoms with Crippen molar-refractivity contribution in [3.63, 3.8) is 0 Å². The third-order valence-electron chi connectivity index (χ3n) is 5.45. The van der Waals surface area contributed by atoms with Gasteiger partial charge in [0.1, 0.15) is 0 Å². The number of hydrogen-bond donors (Lipinski definition) is 0. The van der Waals surface area contributed by atoms with E-state index in [-0.39, 0.29) is 0 Å². The molecular formula is C23H47NO2. The first kappa shape index (κ1) is 25.4. The largest absolute Gasteiger partial charge is 0.468 e. The number of ether oxygens (including phenoxy) is 1. The SMILES string of the molecule is CCN(CC)CCCCCCCCCCCCCCCCCCOC=O. The van der Waals surface area contributed by atoms with Crippen LogP contribution < -0.4 is 0 Å². The summed E-state index contributed by atoms with van der Waals surface area (Å²) in [7, 11) is 0. The van der Waals surface area contributed by atoms with Crippen molar-refractivity contribution >= 4 is 6.47 Å². The maximum Gasteiger partial charge on any atom is 0.293 e. The molecule has 0 saturated carbocycles. The lowest BCUT2D eigenvalue weighted by molar-refractivity contribution is -0.128. The molecule has 0 heterocycles. The zero-order valence-electron chi connectivity index (χ0n) is 18.0. The normalized spacial score (nSPS) is 11.2. The number of carbonyl (C=O) groups is 1. The first-order valence-corrected chi connectivity index (χ1v) is 11.6. The van der Waals surface area contributed by atoms with E-state index < -0.39 is 0 Å². The second-order valence-electron chi connectivity index (χ2n) is 7.65. The highest BCUT2D eigenvalue weighted by Gasteiger charge is 1.98. The highest BCUT2D eigenvalue weighted by molar-refractivity contribution is 5.36. The molecule has 0 aromatic carbocycles. The quantitative estimate of drug-likeness (QED) is 0.156. The first-order valence-electron chi connectivity index (χ1n) is 11.6. The fourth-order valence-electron chi connectivity index (χ4n) is 3.58. The van der Waals surface area contributed by atoms with Crippen molar-refractivity contribution in [1.82, 2.24) is 4.90 Å². The number of nitrogens with zero attached hydrogens (tertiary/aromatic N) is 1. The molecule has 0 aliphatic heterocycles. The molecule has 0 aliphatic rings. The van der Waals surface area contributed by atoms with Crippen LogP contribution in [0.25, 0.3) is 0 Å². The van der Waals surface area contributed by atoms with Gasteiger partial charge in [0.25, 0.3) is 6.47 Å². The van der Waals surface area contributed by atoms with Crippen LogP contribution in [0.1, 0.15) is 117 Å². The predicted octanol–water partition coefficient (Wildman–Crippen LogP) is 6.74. The molecule has 0 fully saturated rings. The Morgan fingerprint density at radius 2 is 0.923 bits per heavy atom. The van der Waals surface area contributed by atoms with E-state index in [1.54, 1.807) is 0 Å². The monoisotopic (exact) mass is 369 g/mol. The molecule has 0 amide bonds. The van der Waals surface area contributed by atoms with Crippen LogP contribution in [0.15, 0.2) is 0 Å². The first-order chi connectivity index (χ1) is 12.8. The van der Waals surface area contributed by atoms with E-state index in [1.807, 2.05) is 0 Å². The van der Waals surface area contributed by atoms with Gasteiger partial charge >= 0.3 is 0 Å². The van der Waals surface area contributed by atoms with Crippen LogP contribution in [-0.4, -0.2) is 37.6 Å². The fourth-order valence-corrected chi connectivity index (χ4v) is 3.58. The molecule has 0 saturated heterocycles. The van der Waals surface area contributed by atoms with Gasteiger partial charge in [-0.3, -0.25) is 4.79 Å². The minimum Gasteiger partial charge on any atom is -0.468 e. The van der Waals surface area contributed by atoms with E-state index in [1.165, 1.54) is 116 Å². The standard InChI is InChI=1S/C23H47NO2/c1-3-24(4-2)21-19-17-15-13-11-9-7-5-6-8-10-12-14-16-18-20-22-26-23-25/h23H,3-22H2,1-2H3. The van der Waals surface area contributed by atoms with Crippen LogP contribution in [0.4, 0.5) is 0 Å². The summed E-state index contributed by atoms with van der Waals surface area (Å²) in [5, 5.41) is 0. The Labute approximate surface area is 164 Å². The second-order valence-corrected chi connectivity index (χ2v) is 7.65. The Morgan fingerprint density at radius 1 is 0.577 bits per heavy atom. The molecule has 26 heavy (non-hydrogen) atoms. The number of unbranched alkanes of at least 4 members (excludes halogenated alkanes) is 15. The average Bonchev–Trinajstić information content (AvgIpc) is 2.66. The Kier molecular flexibility index (Phi) is 22.0. The van der Waals surface area contributed by atoms with Crippen molar-refractivity contribution in [2.45, 2.75) is 117 Å². The van der Waals surface area contributed by atoms with Crippen molar-refractivity contribution in [3.8, 4) is 0 Å². The summed E-state index contributed by atoms with van der Waals surface area (Å²) < 4.78 is 4.69. The molecule has 0 aliphatic carbocycles. The van der Waals surface area contributed by atoms with Gasteiger partial charge in [-0.25, -0.2) is 0 Å². The Bertz CT molecular complexity index is 267. The lowest BCUT2D eigenvalue weighted by Gasteiger charge is -2.17. The lowest BCUT2D eigenvalue weighted by atomic mass is 10.0. The number of rotatable bonds is 22. The van der Waals surface area contributed by atoms with Gasteiger partial charge in [0, 0.05) is 0 Å². The molecule has 0 atom stereocenters. The van der Waals surface area contributed by atoms with Gasteiger partial charge in [-0.2, -0.15) is 0 Å². The van der Waals surface area contributed by atoms with E-state index in [0.29, 0.717) is 13.1 Å². The molecule has 156 valence electrons. The Balaban J connectivity index is 3.04. The maximum absolute atomic E-state index is 9.99. The van der Waals surface area contributed by atoms with Gasteiger partial charge in [-0.05, 0) is 32.5 Å². The summed E-state index contributed by atoms with van der Waals surface area (Å²) in [4.78, 5) is 12.5. The molecule has 0 radical (unpaired) electrons. The molecule has 3 heteroatoms. The molecule has 0 rings (SSSR count). The van der Waals surface area contributed by atoms with Gasteiger partial charge in [-0.1, -0.05) is 104 Å². The molecule has 0 N–H and O–H groups in total. The van der Waals surface area contributed by atoms with Crippen LogP contribution >= 0.6 is 0 Å². The highest BCUT2D eigenvalue weighted by Crippen LogP contribution is 2.13. The van der Waals surface area contributed by atoms with Crippen molar-refractivity contribution in [2.24, 2.45) is 0 Å². The van der Waals surface area contributed by atoms with Gasteiger partial charge < -0.3 is 9.64 Å². The highest BCUT2D eigenvalue weighted by atomic mass is 16.5. The predicted molar refractivity (Wildman–Crippen MR) is 114 cm³/mol.